The highest BCUT2D eigenvalue weighted by molar-refractivity contribution is 5.80. The van der Waals surface area contributed by atoms with Crippen LogP contribution in [0.2, 0.25) is 0 Å². The van der Waals surface area contributed by atoms with Crippen LogP contribution in [0.3, 0.4) is 0 Å². The molecule has 0 saturated heterocycles. The van der Waals surface area contributed by atoms with Crippen LogP contribution in [-0.4, -0.2) is 16.2 Å². The number of nitrogens with one attached hydrogen (secondary N) is 2. The fraction of sp³-hybridized carbons (Fsp3) is 0.500. The zero-order chi connectivity index (χ0) is 12.6. The number of nitrogens with zero attached hydrogens (tertiary/aromatic N) is 2. The predicted octanol–water partition coefficient (Wildman–Crippen LogP) is 0.610. The van der Waals surface area contributed by atoms with E-state index >= 15 is 0 Å². The van der Waals surface area contributed by atoms with E-state index in [-0.39, 0.29) is 0 Å². The summed E-state index contributed by atoms with van der Waals surface area (Å²) in [5.41, 5.74) is 12.8. The second kappa shape index (κ2) is 4.13. The van der Waals surface area contributed by atoms with Crippen LogP contribution in [0, 0.1) is 0 Å². The molecule has 0 radical (unpaired) electrons. The summed E-state index contributed by atoms with van der Waals surface area (Å²) in [7, 11) is 0. The molecule has 2 aliphatic rings. The van der Waals surface area contributed by atoms with Crippen molar-refractivity contribution >= 4 is 5.96 Å². The molecule has 1 unspecified atom stereocenters. The van der Waals surface area contributed by atoms with E-state index in [4.69, 9.17) is 11.5 Å². The molecule has 0 bridgehead atoms. The van der Waals surface area contributed by atoms with E-state index in [0.717, 1.165) is 5.69 Å². The van der Waals surface area contributed by atoms with Crippen LogP contribution in [0.25, 0.3) is 0 Å². The fourth-order valence-electron chi connectivity index (χ4n) is 2.65. The third kappa shape index (κ3) is 1.88. The normalized spacial score (nSPS) is 28.2. The molecule has 1 fully saturated rings. The SMILES string of the molecule is NC1=NC(N)(c2cc(C3CCCC3)[nH]n2)C=CN1. The van der Waals surface area contributed by atoms with Gasteiger partial charge >= 0.3 is 0 Å². The summed E-state index contributed by atoms with van der Waals surface area (Å²) in [6.45, 7) is 0. The molecule has 1 saturated carbocycles. The van der Waals surface area contributed by atoms with Crippen LogP contribution in [0.1, 0.15) is 43.0 Å². The van der Waals surface area contributed by atoms with Gasteiger partial charge in [0, 0.05) is 17.8 Å². The summed E-state index contributed by atoms with van der Waals surface area (Å²) in [6.07, 6.45) is 8.50. The van der Waals surface area contributed by atoms with Gasteiger partial charge < -0.3 is 11.1 Å². The number of aromatic nitrogens is 2. The summed E-state index contributed by atoms with van der Waals surface area (Å²) in [4.78, 5) is 4.22. The number of guanidine groups is 1. The van der Waals surface area contributed by atoms with Crippen molar-refractivity contribution in [2.45, 2.75) is 37.3 Å². The standard InChI is InChI=1S/C12H18N6/c13-11-15-6-5-12(14,16-11)10-7-9(17-18-10)8-3-1-2-4-8/h5-8H,1-4,14H2,(H,17,18)(H3,13,15,16). The van der Waals surface area contributed by atoms with Crippen LogP contribution in [0.15, 0.2) is 23.3 Å². The number of rotatable bonds is 2. The first-order valence-corrected chi connectivity index (χ1v) is 6.31. The molecule has 0 amide bonds. The number of H-pyrrole nitrogens is 1. The summed E-state index contributed by atoms with van der Waals surface area (Å²) < 4.78 is 0. The van der Waals surface area contributed by atoms with Gasteiger partial charge in [0.2, 0.25) is 0 Å². The molecule has 96 valence electrons. The Bertz CT molecular complexity index is 496. The minimum absolute atomic E-state index is 0.311. The van der Waals surface area contributed by atoms with E-state index in [0.29, 0.717) is 17.6 Å². The Balaban J connectivity index is 1.88. The van der Waals surface area contributed by atoms with E-state index in [9.17, 15) is 0 Å². The Morgan fingerprint density at radius 3 is 2.83 bits per heavy atom. The van der Waals surface area contributed by atoms with Crippen molar-refractivity contribution < 1.29 is 0 Å². The van der Waals surface area contributed by atoms with Crippen LogP contribution in [-0.2, 0) is 5.66 Å². The van der Waals surface area contributed by atoms with Gasteiger partial charge in [-0.2, -0.15) is 5.10 Å². The van der Waals surface area contributed by atoms with E-state index in [1.165, 1.54) is 25.7 Å². The lowest BCUT2D eigenvalue weighted by Gasteiger charge is -2.22. The van der Waals surface area contributed by atoms with Gasteiger partial charge in [0.25, 0.3) is 0 Å². The lowest BCUT2D eigenvalue weighted by atomic mass is 10.0. The Kier molecular flexibility index (Phi) is 2.59. The van der Waals surface area contributed by atoms with Crippen molar-refractivity contribution in [2.24, 2.45) is 16.5 Å². The summed E-state index contributed by atoms with van der Waals surface area (Å²) in [5.74, 6) is 0.896. The number of aromatic amines is 1. The molecule has 18 heavy (non-hydrogen) atoms. The van der Waals surface area contributed by atoms with Gasteiger partial charge in [-0.1, -0.05) is 12.8 Å². The molecule has 1 aliphatic heterocycles. The van der Waals surface area contributed by atoms with Crippen molar-refractivity contribution in [1.29, 1.82) is 0 Å². The molecule has 3 rings (SSSR count). The first-order valence-electron chi connectivity index (χ1n) is 6.31. The minimum atomic E-state index is -0.956. The predicted molar refractivity (Wildman–Crippen MR) is 69.6 cm³/mol. The highest BCUT2D eigenvalue weighted by atomic mass is 15.2. The number of aliphatic imine (C=N–C) groups is 1. The highest BCUT2D eigenvalue weighted by Crippen LogP contribution is 2.34. The van der Waals surface area contributed by atoms with Crippen LogP contribution < -0.4 is 16.8 Å². The van der Waals surface area contributed by atoms with E-state index in [1.807, 2.05) is 6.07 Å². The van der Waals surface area contributed by atoms with E-state index < -0.39 is 5.66 Å². The van der Waals surface area contributed by atoms with Gasteiger partial charge in [-0.05, 0) is 25.0 Å². The van der Waals surface area contributed by atoms with E-state index in [2.05, 4.69) is 20.5 Å². The summed E-state index contributed by atoms with van der Waals surface area (Å²) in [6, 6.07) is 2.02. The van der Waals surface area contributed by atoms with Gasteiger partial charge in [0.05, 0.1) is 0 Å². The molecule has 1 atom stereocenters. The molecule has 6 heteroatoms. The van der Waals surface area contributed by atoms with Gasteiger partial charge in [-0.15, -0.1) is 0 Å². The third-order valence-corrected chi connectivity index (χ3v) is 3.68. The Morgan fingerprint density at radius 2 is 2.11 bits per heavy atom. The molecule has 1 aromatic rings. The lowest BCUT2D eigenvalue weighted by Crippen LogP contribution is -2.42. The topological polar surface area (TPSA) is 105 Å². The number of nitrogens with two attached hydrogens (primary N) is 2. The van der Waals surface area contributed by atoms with Crippen LogP contribution >= 0.6 is 0 Å². The summed E-state index contributed by atoms with van der Waals surface area (Å²) in [5, 5.41) is 10.2. The monoisotopic (exact) mass is 246 g/mol. The molecule has 2 heterocycles. The van der Waals surface area contributed by atoms with Gasteiger partial charge in [0.1, 0.15) is 5.69 Å². The first kappa shape index (κ1) is 11.3. The maximum absolute atomic E-state index is 6.21. The van der Waals surface area contributed by atoms with Crippen LogP contribution in [0.4, 0.5) is 0 Å². The Morgan fingerprint density at radius 1 is 1.33 bits per heavy atom. The molecule has 0 aromatic carbocycles. The van der Waals surface area contributed by atoms with Crippen molar-refractivity contribution in [1.82, 2.24) is 15.5 Å². The van der Waals surface area contributed by atoms with Crippen molar-refractivity contribution in [3.05, 3.63) is 29.7 Å². The first-order chi connectivity index (χ1) is 8.67. The molecular weight excluding hydrogens is 228 g/mol. The zero-order valence-electron chi connectivity index (χ0n) is 10.2. The van der Waals surface area contributed by atoms with Crippen molar-refractivity contribution in [3.63, 3.8) is 0 Å². The average molecular weight is 246 g/mol. The van der Waals surface area contributed by atoms with Crippen molar-refractivity contribution in [3.8, 4) is 0 Å². The fourth-order valence-corrected chi connectivity index (χ4v) is 2.65. The second-order valence-electron chi connectivity index (χ2n) is 4.99. The summed E-state index contributed by atoms with van der Waals surface area (Å²) >= 11 is 0. The maximum atomic E-state index is 6.21. The highest BCUT2D eigenvalue weighted by Gasteiger charge is 2.30. The third-order valence-electron chi connectivity index (χ3n) is 3.68. The maximum Gasteiger partial charge on any atom is 0.195 e. The second-order valence-corrected chi connectivity index (χ2v) is 4.99. The zero-order valence-corrected chi connectivity index (χ0v) is 10.2. The quantitative estimate of drug-likeness (QED) is 0.613. The van der Waals surface area contributed by atoms with Gasteiger partial charge in [-0.3, -0.25) is 10.8 Å². The van der Waals surface area contributed by atoms with Crippen LogP contribution in [0.5, 0.6) is 0 Å². The molecule has 1 aliphatic carbocycles. The molecule has 6 N–H and O–H groups in total. The average Bonchev–Trinajstić information content (AvgIpc) is 3.00. The minimum Gasteiger partial charge on any atom is -0.370 e. The molecule has 1 aromatic heterocycles. The Hall–Kier alpha value is -1.82. The number of hydrogen-bond acceptors (Lipinski definition) is 5. The number of hydrogen-bond donors (Lipinski definition) is 4. The largest absolute Gasteiger partial charge is 0.370 e. The molecule has 6 nitrogen and oxygen atoms in total. The molecular formula is C12H18N6. The lowest BCUT2D eigenvalue weighted by molar-refractivity contribution is 0.559. The molecule has 0 spiro atoms. The van der Waals surface area contributed by atoms with Crippen molar-refractivity contribution in [2.75, 3.05) is 0 Å². The smallest absolute Gasteiger partial charge is 0.195 e. The van der Waals surface area contributed by atoms with Gasteiger partial charge in [-0.25, -0.2) is 4.99 Å². The Labute approximate surface area is 106 Å². The van der Waals surface area contributed by atoms with E-state index in [1.54, 1.807) is 12.3 Å². The van der Waals surface area contributed by atoms with Gasteiger partial charge in [0.15, 0.2) is 11.6 Å².